The second kappa shape index (κ2) is 35.3. The van der Waals surface area contributed by atoms with E-state index in [1.807, 2.05) is 0 Å². The predicted molar refractivity (Wildman–Crippen MR) is 580 cm³/mol. The van der Waals surface area contributed by atoms with Crippen LogP contribution in [0.4, 0.5) is 56.9 Å². The van der Waals surface area contributed by atoms with Crippen LogP contribution in [0.5, 0.6) is 0 Å². The number of halogens is 19. The topological polar surface area (TPSA) is 13.0 Å². The molecule has 0 spiro atoms. The molecule has 8 aromatic carbocycles. The molecule has 2 aliphatic carbocycles. The number of hydrogen-bond acceptors (Lipinski definition) is 4. The zero-order chi connectivity index (χ0) is 67.1. The third-order valence-corrected chi connectivity index (χ3v) is 1260. The van der Waals surface area contributed by atoms with Crippen LogP contribution in [0.15, 0.2) is 164 Å². The molecule has 6 aliphatic rings. The first-order valence-electron chi connectivity index (χ1n) is 30.7. The summed E-state index contributed by atoms with van der Waals surface area (Å²) >= 11 is 30.9. The summed E-state index contributed by atoms with van der Waals surface area (Å²) in [4.78, 5) is 10.4. The first-order valence-corrected chi connectivity index (χ1v) is 144. The second-order valence-corrected chi connectivity index (χ2v) is 432. The van der Waals surface area contributed by atoms with Crippen molar-refractivity contribution in [3.05, 3.63) is 208 Å². The van der Waals surface area contributed by atoms with Crippen molar-refractivity contribution in [1.82, 2.24) is 0 Å². The van der Waals surface area contributed by atoms with Crippen LogP contribution in [-0.4, -0.2) is 17.8 Å². The summed E-state index contributed by atoms with van der Waals surface area (Å²) < 4.78 is 0. The van der Waals surface area contributed by atoms with Crippen molar-refractivity contribution in [3.63, 3.8) is 0 Å². The Hall–Kier alpha value is 6.89. The fourth-order valence-electron chi connectivity index (χ4n) is 15.7. The molecule has 0 amide bonds. The van der Waals surface area contributed by atoms with E-state index in [1.54, 1.807) is 5.56 Å². The Morgan fingerprint density at radius 1 is 0.411 bits per heavy atom. The normalized spacial score (nSPS) is 21.9. The van der Waals surface area contributed by atoms with Crippen LogP contribution in [0.2, 0.25) is 0 Å². The van der Waals surface area contributed by atoms with E-state index in [1.165, 1.54) is 164 Å². The van der Waals surface area contributed by atoms with E-state index in [0.717, 1.165) is 0 Å². The molecule has 4 unspecified atom stereocenters. The van der Waals surface area contributed by atoms with Gasteiger partial charge in [0.05, 0.1) is 11.1 Å². The molecule has 0 radical (unpaired) electrons. The molecule has 4 atom stereocenters. The van der Waals surface area contributed by atoms with E-state index >= 15 is 0 Å². The van der Waals surface area contributed by atoms with E-state index in [4.69, 9.17) is 0 Å². The Morgan fingerprint density at radius 3 is 1.49 bits per heavy atom. The van der Waals surface area contributed by atoms with Gasteiger partial charge in [-0.25, -0.2) is 0 Å². The SMILES string of the molecule is C.Cc1ccc(N(c2ccc(C)cc2)c2cc(C)cc(N3c4ccccc4C4(C)CCCCC34C)c2)cc1.Cc1ccc(N2c3ccc(C)cc3B3c4cccc5c4N(c4cc(C)cc2c43)C2(C)CCCCC52C)cc1.I[I-]I(I)I(I)I(I)I(I)I(I)I(I)I(I)I(I)I. The molecule has 24 heteroatoms. The quantitative estimate of drug-likeness (QED) is 0.0842. The van der Waals surface area contributed by atoms with Crippen LogP contribution in [0.25, 0.3) is 0 Å². The van der Waals surface area contributed by atoms with Crippen molar-refractivity contribution in [2.24, 2.45) is 0 Å². The van der Waals surface area contributed by atoms with E-state index in [0.29, 0.717) is 13.3 Å². The molecule has 8 aromatic rings. The van der Waals surface area contributed by atoms with Gasteiger partial charge in [-0.2, -0.15) is 0 Å². The zero-order valence-corrected chi connectivity index (χ0v) is 94.3. The molecule has 4 heterocycles. The third kappa shape index (κ3) is 16.5. The summed E-state index contributed by atoms with van der Waals surface area (Å²) in [5.41, 5.74) is 28.8. The maximum absolute atomic E-state index is 3.15. The average molecular weight is 3410 g/mol. The summed E-state index contributed by atoms with van der Waals surface area (Å²) in [5.74, 6) is 0. The Morgan fingerprint density at radius 2 is 0.905 bits per heavy atom. The molecule has 2 fully saturated rings. The molecule has 4 aliphatic heterocycles. The summed E-state index contributed by atoms with van der Waals surface area (Å²) in [5, 5.41) is 0. The van der Waals surface area contributed by atoms with E-state index in [9.17, 15) is 0 Å². The first kappa shape index (κ1) is 82.8. The van der Waals surface area contributed by atoms with Gasteiger partial charge >= 0.3 is 263 Å². The molecule has 0 N–H and O–H groups in total. The second-order valence-electron chi connectivity index (χ2n) is 25.8. The van der Waals surface area contributed by atoms with E-state index in [-0.39, 0.29) is 91.3 Å². The van der Waals surface area contributed by atoms with E-state index < -0.39 is 7.89 Å². The Bertz CT molecular complexity index is 4050. The minimum atomic E-state index is -0.428. The molecular weight excluding hydrogens is 3330 g/mol. The molecule has 0 bridgehead atoms. The van der Waals surface area contributed by atoms with Gasteiger partial charge in [0, 0.05) is 67.7 Å². The average Bonchev–Trinajstić information content (AvgIpc) is 1.41. The van der Waals surface area contributed by atoms with Crippen LogP contribution < -0.4 is 49.2 Å². The number of aryl methyl sites for hydroxylation is 6. The molecular formula is C71H77BI19N4-. The zero-order valence-electron chi connectivity index (χ0n) is 53.3. The number of rotatable bonds is 13. The van der Waals surface area contributed by atoms with Crippen LogP contribution in [0.1, 0.15) is 131 Å². The summed E-state index contributed by atoms with van der Waals surface area (Å²) in [6.45, 7) is 23.6. The maximum atomic E-state index is 3.15. The number of hydrogen-bond donors (Lipinski definition) is 0. The summed E-state index contributed by atoms with van der Waals surface area (Å²) in [7, 11) is -2.98. The Labute approximate surface area is 702 Å². The van der Waals surface area contributed by atoms with Crippen molar-refractivity contribution in [1.29, 1.82) is 0 Å². The molecule has 14 rings (SSSR count). The first-order chi connectivity index (χ1) is 44.8. The van der Waals surface area contributed by atoms with Crippen molar-refractivity contribution >= 4 is 329 Å². The number of benzene rings is 8. The van der Waals surface area contributed by atoms with Gasteiger partial charge < -0.3 is 19.6 Å². The number of para-hydroxylation sites is 2. The number of nitrogens with zero attached hydrogens (tertiary/aromatic N) is 4. The van der Waals surface area contributed by atoms with Gasteiger partial charge in [0.15, 0.2) is 0 Å². The Kier molecular flexibility index (Phi) is 30.8. The molecule has 518 valence electrons. The minimum absolute atomic E-state index is 0. The van der Waals surface area contributed by atoms with Gasteiger partial charge in [-0.1, -0.05) is 154 Å². The van der Waals surface area contributed by atoms with Gasteiger partial charge in [0.25, 0.3) is 6.71 Å². The van der Waals surface area contributed by atoms with Gasteiger partial charge in [-0.05, 0) is 199 Å². The third-order valence-electron chi connectivity index (χ3n) is 20.3. The molecule has 2 saturated carbocycles. The van der Waals surface area contributed by atoms with Crippen molar-refractivity contribution in [2.75, 3.05) is 19.6 Å². The van der Waals surface area contributed by atoms with Crippen molar-refractivity contribution in [2.45, 2.75) is 150 Å². The summed E-state index contributed by atoms with van der Waals surface area (Å²) in [6.07, 6.45) is 10.2. The predicted octanol–water partition coefficient (Wildman–Crippen LogP) is 30.4. The standard InChI is InChI=1S/C35H35BN2.C35H38N2.CH4.I19/c1-22-11-14-25(15-12-22)37-29-16-13-23(2)19-28(29)36-27-10-8-9-26-33(27)38(31-21-24(3)20-30(37)32(31)36)35(5)18-7-6-17-34(26,35)4;1-25-12-16-28(17-13-25)36(29-18-14-26(2)15-19-29)30-22-27(3)23-31(24-30)37-33-11-7-6-10-32(33)34(4)20-8-9-21-35(34,37)5;;1-11-13(4)15(6)17(8)19(10)18(9)16(7)14(5)12(2)3/h8-16,19-21H,6-7,17-18H2,1-5H3;6-7,10-19,22-24H,8-9,20-21H2,1-5H3;1H4;/q;;;-1. The summed E-state index contributed by atoms with van der Waals surface area (Å²) in [6, 6.07) is 62.3. The van der Waals surface area contributed by atoms with Crippen LogP contribution in [-0.2, 0) is 10.8 Å². The van der Waals surface area contributed by atoms with Crippen molar-refractivity contribution < 1.29 is 13.3 Å². The fraction of sp³-hybridized carbons (Fsp3) is 0.324. The Balaban J connectivity index is 0.000000153. The fourth-order valence-corrected chi connectivity index (χ4v) is 2740. The molecule has 0 aromatic heterocycles. The van der Waals surface area contributed by atoms with Gasteiger partial charge in [-0.3, -0.25) is 0 Å². The number of anilines is 10. The van der Waals surface area contributed by atoms with Gasteiger partial charge in [0.2, 0.25) is 0 Å². The molecule has 95 heavy (non-hydrogen) atoms. The van der Waals surface area contributed by atoms with Crippen molar-refractivity contribution in [3.8, 4) is 0 Å². The number of fused-ring (bicyclic) bond motifs is 10. The van der Waals surface area contributed by atoms with Crippen LogP contribution >= 0.6 is 249 Å². The van der Waals surface area contributed by atoms with Gasteiger partial charge in [0.1, 0.15) is 0 Å². The molecule has 4 nitrogen and oxygen atoms in total. The van der Waals surface area contributed by atoms with Crippen LogP contribution in [0.3, 0.4) is 0 Å². The van der Waals surface area contributed by atoms with Crippen LogP contribution in [0, 0.1) is 41.5 Å². The molecule has 0 saturated heterocycles. The monoisotopic (exact) mass is 3410 g/mol. The van der Waals surface area contributed by atoms with Gasteiger partial charge in [-0.15, -0.1) is 0 Å². The van der Waals surface area contributed by atoms with E-state index in [2.05, 4.69) is 439 Å².